The molecule has 0 saturated heterocycles. The molecule has 4 N–H and O–H groups in total. The van der Waals surface area contributed by atoms with E-state index in [9.17, 15) is 4.79 Å². The number of carboxylic acids is 1. The third-order valence-electron chi connectivity index (χ3n) is 0.805. The standard InChI is InChI=1S/C4H9NO3.Ni/c1-2(6)3(5)4(7)8;/h2-3,6H,5H2,1H3,(H,7,8);. The van der Waals surface area contributed by atoms with Crippen molar-refractivity contribution in [2.24, 2.45) is 5.73 Å². The number of hydrogen-bond donors (Lipinski definition) is 3. The molecule has 0 aliphatic heterocycles. The van der Waals surface area contributed by atoms with Crippen LogP contribution in [0.25, 0.3) is 0 Å². The van der Waals surface area contributed by atoms with Gasteiger partial charge in [-0.3, -0.25) is 4.79 Å². The van der Waals surface area contributed by atoms with E-state index < -0.39 is 18.1 Å². The van der Waals surface area contributed by atoms with Crippen molar-refractivity contribution >= 4 is 5.97 Å². The normalized spacial score (nSPS) is 15.4. The second-order valence-electron chi connectivity index (χ2n) is 1.60. The molecule has 0 heterocycles. The zero-order chi connectivity index (χ0) is 6.73. The maximum atomic E-state index is 9.86. The molecule has 0 saturated carbocycles. The summed E-state index contributed by atoms with van der Waals surface area (Å²) in [5.41, 5.74) is 4.91. The first-order valence-electron chi connectivity index (χ1n) is 2.22. The molecule has 0 aromatic rings. The molecular formula is C4H9NNiO3. The van der Waals surface area contributed by atoms with Gasteiger partial charge in [-0.25, -0.2) is 0 Å². The molecule has 5 heteroatoms. The van der Waals surface area contributed by atoms with Crippen molar-refractivity contribution in [2.45, 2.75) is 19.1 Å². The Bertz CT molecular complexity index is 95.8. The van der Waals surface area contributed by atoms with Crippen molar-refractivity contribution in [1.82, 2.24) is 0 Å². The number of nitrogens with two attached hydrogens (primary N) is 1. The summed E-state index contributed by atoms with van der Waals surface area (Å²) in [6.07, 6.45) is -0.979. The Morgan fingerprint density at radius 1 is 1.67 bits per heavy atom. The van der Waals surface area contributed by atoms with E-state index in [0.29, 0.717) is 0 Å². The van der Waals surface area contributed by atoms with E-state index in [0.717, 1.165) is 0 Å². The molecule has 0 radical (unpaired) electrons. The van der Waals surface area contributed by atoms with E-state index in [-0.39, 0.29) is 16.5 Å². The molecule has 0 aromatic carbocycles. The van der Waals surface area contributed by atoms with Gasteiger partial charge in [0.05, 0.1) is 6.10 Å². The molecule has 0 fully saturated rings. The minimum absolute atomic E-state index is 0. The maximum absolute atomic E-state index is 9.86. The van der Waals surface area contributed by atoms with Gasteiger partial charge in [0.1, 0.15) is 6.04 Å². The Morgan fingerprint density at radius 2 is 2.00 bits per heavy atom. The first-order valence-corrected chi connectivity index (χ1v) is 2.22. The van der Waals surface area contributed by atoms with Gasteiger partial charge in [0.15, 0.2) is 0 Å². The fraction of sp³-hybridized carbons (Fsp3) is 0.750. The van der Waals surface area contributed by atoms with Crippen LogP contribution in [0.5, 0.6) is 0 Å². The van der Waals surface area contributed by atoms with Gasteiger partial charge in [-0.15, -0.1) is 0 Å². The summed E-state index contributed by atoms with van der Waals surface area (Å²) in [5.74, 6) is -1.18. The summed E-state index contributed by atoms with van der Waals surface area (Å²) in [6, 6.07) is -1.16. The monoisotopic (exact) mass is 177 g/mol. The SMILES string of the molecule is CC(O)C(N)C(=O)O.[Ni]. The average Bonchev–Trinajstić information content (AvgIpc) is 1.64. The molecule has 0 rings (SSSR count). The van der Waals surface area contributed by atoms with Crippen LogP contribution >= 0.6 is 0 Å². The second kappa shape index (κ2) is 4.73. The zero-order valence-electron chi connectivity index (χ0n) is 4.85. The maximum Gasteiger partial charge on any atom is 0.323 e. The van der Waals surface area contributed by atoms with Crippen molar-refractivity contribution in [1.29, 1.82) is 0 Å². The molecule has 9 heavy (non-hydrogen) atoms. The third-order valence-corrected chi connectivity index (χ3v) is 0.805. The third kappa shape index (κ3) is 4.39. The molecule has 0 spiro atoms. The van der Waals surface area contributed by atoms with Gasteiger partial charge >= 0.3 is 5.97 Å². The van der Waals surface area contributed by atoms with E-state index in [1.165, 1.54) is 6.92 Å². The van der Waals surface area contributed by atoms with Crippen molar-refractivity contribution in [3.63, 3.8) is 0 Å². The van der Waals surface area contributed by atoms with E-state index in [4.69, 9.17) is 15.9 Å². The summed E-state index contributed by atoms with van der Waals surface area (Å²) in [4.78, 5) is 9.86. The molecule has 0 aliphatic rings. The van der Waals surface area contributed by atoms with Gasteiger partial charge in [0.2, 0.25) is 0 Å². The Labute approximate surface area is 63.0 Å². The average molecular weight is 178 g/mol. The molecular weight excluding hydrogens is 169 g/mol. The molecule has 2 unspecified atom stereocenters. The summed E-state index contributed by atoms with van der Waals surface area (Å²) >= 11 is 0. The summed E-state index contributed by atoms with van der Waals surface area (Å²) in [7, 11) is 0. The fourth-order valence-electron chi connectivity index (χ4n) is 0.206. The number of rotatable bonds is 2. The van der Waals surface area contributed by atoms with E-state index in [2.05, 4.69) is 0 Å². The van der Waals surface area contributed by atoms with Crippen LogP contribution in [0.1, 0.15) is 6.92 Å². The number of hydrogen-bond acceptors (Lipinski definition) is 3. The topological polar surface area (TPSA) is 83.5 Å². The molecule has 0 bridgehead atoms. The van der Waals surface area contributed by atoms with Gasteiger partial charge in [-0.05, 0) is 6.92 Å². The van der Waals surface area contributed by atoms with Crippen molar-refractivity contribution in [3.8, 4) is 0 Å². The van der Waals surface area contributed by atoms with Crippen molar-refractivity contribution in [2.75, 3.05) is 0 Å². The predicted octanol–water partition coefficient (Wildman–Crippen LogP) is -1.22. The molecule has 4 nitrogen and oxygen atoms in total. The molecule has 2 atom stereocenters. The van der Waals surface area contributed by atoms with E-state index >= 15 is 0 Å². The number of aliphatic carboxylic acids is 1. The quantitative estimate of drug-likeness (QED) is 0.462. The molecule has 58 valence electrons. The number of carboxylic acid groups (broad SMARTS) is 1. The number of aliphatic hydroxyl groups is 1. The van der Waals surface area contributed by atoms with Crippen LogP contribution in [-0.4, -0.2) is 28.3 Å². The zero-order valence-corrected chi connectivity index (χ0v) is 5.84. The Balaban J connectivity index is 0. The summed E-state index contributed by atoms with van der Waals surface area (Å²) in [5, 5.41) is 16.6. The smallest absolute Gasteiger partial charge is 0.323 e. The Morgan fingerprint density at radius 3 is 2.00 bits per heavy atom. The number of carbonyl (C=O) groups is 1. The van der Waals surface area contributed by atoms with Gasteiger partial charge < -0.3 is 15.9 Å². The van der Waals surface area contributed by atoms with Crippen LogP contribution in [0.3, 0.4) is 0 Å². The minimum Gasteiger partial charge on any atom is -0.480 e. The van der Waals surface area contributed by atoms with E-state index in [1.807, 2.05) is 0 Å². The van der Waals surface area contributed by atoms with Gasteiger partial charge in [0, 0.05) is 16.5 Å². The van der Waals surface area contributed by atoms with Crippen LogP contribution in [0.4, 0.5) is 0 Å². The first-order chi connectivity index (χ1) is 3.55. The Hall–Kier alpha value is -0.116. The van der Waals surface area contributed by atoms with Crippen LogP contribution < -0.4 is 5.73 Å². The molecule has 0 amide bonds. The van der Waals surface area contributed by atoms with Crippen LogP contribution in [0.15, 0.2) is 0 Å². The van der Waals surface area contributed by atoms with E-state index in [1.54, 1.807) is 0 Å². The van der Waals surface area contributed by atoms with Gasteiger partial charge in [0.25, 0.3) is 0 Å². The van der Waals surface area contributed by atoms with Crippen molar-refractivity contribution < 1.29 is 31.5 Å². The number of aliphatic hydroxyl groups excluding tert-OH is 1. The largest absolute Gasteiger partial charge is 0.480 e. The minimum atomic E-state index is -1.18. The summed E-state index contributed by atoms with van der Waals surface area (Å²) < 4.78 is 0. The fourth-order valence-corrected chi connectivity index (χ4v) is 0.206. The van der Waals surface area contributed by atoms with Gasteiger partial charge in [-0.2, -0.15) is 0 Å². The molecule has 0 aromatic heterocycles. The van der Waals surface area contributed by atoms with Crippen LogP contribution in [0, 0.1) is 0 Å². The van der Waals surface area contributed by atoms with Crippen molar-refractivity contribution in [3.05, 3.63) is 0 Å². The first kappa shape index (κ1) is 11.7. The predicted molar refractivity (Wildman–Crippen MR) is 27.3 cm³/mol. The molecule has 0 aliphatic carbocycles. The second-order valence-corrected chi connectivity index (χ2v) is 1.60. The Kier molecular flexibility index (Phi) is 6.13. The van der Waals surface area contributed by atoms with Gasteiger partial charge in [-0.1, -0.05) is 0 Å². The van der Waals surface area contributed by atoms with Crippen LogP contribution in [0.2, 0.25) is 0 Å². The van der Waals surface area contributed by atoms with Crippen LogP contribution in [-0.2, 0) is 21.3 Å². The summed E-state index contributed by atoms with van der Waals surface area (Å²) in [6.45, 7) is 1.33.